The molecule has 0 aliphatic carbocycles. The van der Waals surface area contributed by atoms with Crippen molar-refractivity contribution in [3.8, 4) is 6.07 Å². The molecule has 0 unspecified atom stereocenters. The smallest absolute Gasteiger partial charge is 0.0992 e. The zero-order valence-electron chi connectivity index (χ0n) is 11.1. The van der Waals surface area contributed by atoms with Crippen LogP contribution in [-0.2, 0) is 17.3 Å². The Morgan fingerprint density at radius 3 is 2.84 bits per heavy atom. The summed E-state index contributed by atoms with van der Waals surface area (Å²) in [5.74, 6) is 0.737. The molecule has 0 aromatic heterocycles. The molecule has 1 saturated heterocycles. The van der Waals surface area contributed by atoms with Crippen molar-refractivity contribution in [1.82, 2.24) is 4.90 Å². The highest BCUT2D eigenvalue weighted by molar-refractivity contribution is 9.10. The Balaban J connectivity index is 2.10. The van der Waals surface area contributed by atoms with E-state index < -0.39 is 10.8 Å². The summed E-state index contributed by atoms with van der Waals surface area (Å²) in [5, 5.41) is 8.86. The van der Waals surface area contributed by atoms with Crippen LogP contribution in [0.5, 0.6) is 0 Å². The van der Waals surface area contributed by atoms with E-state index in [2.05, 4.69) is 40.7 Å². The lowest BCUT2D eigenvalue weighted by atomic mass is 10.1. The van der Waals surface area contributed by atoms with Gasteiger partial charge in [0.05, 0.1) is 16.4 Å². The Morgan fingerprint density at radius 1 is 1.53 bits per heavy atom. The number of rotatable bonds is 2. The Morgan fingerprint density at radius 2 is 2.26 bits per heavy atom. The average molecular weight is 341 g/mol. The van der Waals surface area contributed by atoms with Crippen LogP contribution in [-0.4, -0.2) is 32.7 Å². The third kappa shape index (κ3) is 3.44. The maximum Gasteiger partial charge on any atom is 0.0992 e. The maximum atomic E-state index is 11.9. The predicted molar refractivity (Wildman–Crippen MR) is 81.2 cm³/mol. The number of benzene rings is 1. The molecule has 0 radical (unpaired) electrons. The van der Waals surface area contributed by atoms with Crippen molar-refractivity contribution in [2.75, 3.05) is 18.8 Å². The molecule has 0 bridgehead atoms. The van der Waals surface area contributed by atoms with Crippen LogP contribution in [0.4, 0.5) is 0 Å². The quantitative estimate of drug-likeness (QED) is 0.831. The van der Waals surface area contributed by atoms with Gasteiger partial charge in [-0.25, -0.2) is 0 Å². The van der Waals surface area contributed by atoms with Crippen molar-refractivity contribution >= 4 is 26.7 Å². The molecule has 1 aromatic rings. The lowest BCUT2D eigenvalue weighted by Crippen LogP contribution is -2.49. The molecule has 0 spiro atoms. The van der Waals surface area contributed by atoms with E-state index in [1.165, 1.54) is 5.56 Å². The zero-order chi connectivity index (χ0) is 14.0. The van der Waals surface area contributed by atoms with Gasteiger partial charge in [0.2, 0.25) is 0 Å². The minimum Gasteiger partial charge on any atom is -0.297 e. The molecule has 1 atom stereocenters. The van der Waals surface area contributed by atoms with Crippen LogP contribution in [0.3, 0.4) is 0 Å². The van der Waals surface area contributed by atoms with Gasteiger partial charge in [-0.05, 0) is 31.5 Å². The van der Waals surface area contributed by atoms with Gasteiger partial charge in [-0.15, -0.1) is 0 Å². The van der Waals surface area contributed by atoms with Gasteiger partial charge in [0.15, 0.2) is 0 Å². The summed E-state index contributed by atoms with van der Waals surface area (Å²) in [6.45, 7) is 6.65. The van der Waals surface area contributed by atoms with Gasteiger partial charge in [-0.3, -0.25) is 9.11 Å². The number of nitrogens with zero attached hydrogens (tertiary/aromatic N) is 2. The molecule has 3 nitrogen and oxygen atoms in total. The molecule has 0 amide bonds. The minimum absolute atomic E-state index is 0.142. The van der Waals surface area contributed by atoms with Gasteiger partial charge >= 0.3 is 0 Å². The first-order valence-corrected chi connectivity index (χ1v) is 8.33. The Hall–Kier alpha value is -0.700. The maximum absolute atomic E-state index is 11.9. The lowest BCUT2D eigenvalue weighted by Gasteiger charge is -2.37. The first-order valence-electron chi connectivity index (χ1n) is 6.22. The van der Waals surface area contributed by atoms with E-state index in [1.54, 1.807) is 0 Å². The Kier molecular flexibility index (Phi) is 4.44. The van der Waals surface area contributed by atoms with E-state index in [1.807, 2.05) is 18.2 Å². The van der Waals surface area contributed by atoms with E-state index in [0.29, 0.717) is 5.56 Å². The molecular weight excluding hydrogens is 324 g/mol. The van der Waals surface area contributed by atoms with E-state index >= 15 is 0 Å². The topological polar surface area (TPSA) is 44.1 Å². The molecule has 102 valence electrons. The average Bonchev–Trinajstić information content (AvgIpc) is 2.36. The largest absolute Gasteiger partial charge is 0.297 e. The number of hydrogen-bond donors (Lipinski definition) is 0. The lowest BCUT2D eigenvalue weighted by molar-refractivity contribution is 0.247. The molecule has 0 saturated carbocycles. The molecule has 0 N–H and O–H groups in total. The normalized spacial score (nSPS) is 22.9. The van der Waals surface area contributed by atoms with Crippen molar-refractivity contribution in [3.63, 3.8) is 0 Å². The van der Waals surface area contributed by atoms with Gasteiger partial charge in [-0.2, -0.15) is 5.26 Å². The molecular formula is C14H17BrN2OS. The van der Waals surface area contributed by atoms with Gasteiger partial charge in [0.1, 0.15) is 0 Å². The van der Waals surface area contributed by atoms with Crippen LogP contribution in [0, 0.1) is 11.3 Å². The standard InChI is InChI=1S/C14H17BrN2OS/c1-14(2)10-17(5-6-19(14)18)9-12-4-3-11(8-16)7-13(12)15/h3-4,7H,5-6,9-10H2,1-2H3/t19-/m1/s1. The highest BCUT2D eigenvalue weighted by atomic mass is 79.9. The Labute approximate surface area is 125 Å². The molecule has 1 heterocycles. The second-order valence-corrected chi connectivity index (χ2v) is 8.50. The summed E-state index contributed by atoms with van der Waals surface area (Å²) in [5.41, 5.74) is 1.83. The fraction of sp³-hybridized carbons (Fsp3) is 0.500. The second-order valence-electron chi connectivity index (χ2n) is 5.44. The zero-order valence-corrected chi connectivity index (χ0v) is 13.6. The Bertz CT molecular complexity index is 551. The van der Waals surface area contributed by atoms with Crippen LogP contribution in [0.25, 0.3) is 0 Å². The number of halogens is 1. The van der Waals surface area contributed by atoms with Crippen molar-refractivity contribution in [2.45, 2.75) is 25.1 Å². The molecule has 1 aromatic carbocycles. The van der Waals surface area contributed by atoms with Crippen molar-refractivity contribution < 1.29 is 4.21 Å². The fourth-order valence-corrected chi connectivity index (χ4v) is 4.11. The molecule has 1 aliphatic heterocycles. The van der Waals surface area contributed by atoms with Crippen LogP contribution in [0.1, 0.15) is 25.0 Å². The molecule has 1 fully saturated rings. The van der Waals surface area contributed by atoms with E-state index in [4.69, 9.17) is 5.26 Å². The summed E-state index contributed by atoms with van der Waals surface area (Å²) < 4.78 is 12.7. The molecule has 19 heavy (non-hydrogen) atoms. The van der Waals surface area contributed by atoms with Crippen LogP contribution < -0.4 is 0 Å². The molecule has 5 heteroatoms. The SMILES string of the molecule is CC1(C)CN(Cc2ccc(C#N)cc2Br)CC[S@]1=O. The summed E-state index contributed by atoms with van der Waals surface area (Å²) >= 11 is 3.52. The van der Waals surface area contributed by atoms with E-state index in [0.717, 1.165) is 29.9 Å². The van der Waals surface area contributed by atoms with E-state index in [9.17, 15) is 4.21 Å². The van der Waals surface area contributed by atoms with Crippen LogP contribution in [0.2, 0.25) is 0 Å². The highest BCUT2D eigenvalue weighted by Crippen LogP contribution is 2.24. The van der Waals surface area contributed by atoms with Crippen molar-refractivity contribution in [3.05, 3.63) is 33.8 Å². The third-order valence-electron chi connectivity index (χ3n) is 3.39. The minimum atomic E-state index is -0.736. The summed E-state index contributed by atoms with van der Waals surface area (Å²) in [4.78, 5) is 2.33. The van der Waals surface area contributed by atoms with Crippen molar-refractivity contribution in [1.29, 1.82) is 5.26 Å². The second kappa shape index (κ2) is 5.74. The molecule has 1 aliphatic rings. The van der Waals surface area contributed by atoms with Gasteiger partial charge in [0, 0.05) is 40.7 Å². The summed E-state index contributed by atoms with van der Waals surface area (Å²) in [7, 11) is -0.736. The van der Waals surface area contributed by atoms with E-state index in [-0.39, 0.29) is 4.75 Å². The van der Waals surface area contributed by atoms with Crippen molar-refractivity contribution in [2.24, 2.45) is 0 Å². The van der Waals surface area contributed by atoms with Gasteiger partial charge in [0.25, 0.3) is 0 Å². The summed E-state index contributed by atoms with van der Waals surface area (Å²) in [6, 6.07) is 7.81. The number of hydrogen-bond acceptors (Lipinski definition) is 3. The summed E-state index contributed by atoms with van der Waals surface area (Å²) in [6.07, 6.45) is 0. The predicted octanol–water partition coefficient (Wildman–Crippen LogP) is 2.66. The fourth-order valence-electron chi connectivity index (χ4n) is 2.30. The molecule has 2 rings (SSSR count). The first kappa shape index (κ1) is 14.7. The third-order valence-corrected chi connectivity index (χ3v) is 6.04. The first-order chi connectivity index (χ1) is 8.92. The van der Waals surface area contributed by atoms with Gasteiger partial charge in [-0.1, -0.05) is 22.0 Å². The van der Waals surface area contributed by atoms with Crippen LogP contribution >= 0.6 is 15.9 Å². The van der Waals surface area contributed by atoms with Gasteiger partial charge < -0.3 is 0 Å². The highest BCUT2D eigenvalue weighted by Gasteiger charge is 2.33. The monoisotopic (exact) mass is 340 g/mol. The number of nitriles is 1. The van der Waals surface area contributed by atoms with Crippen LogP contribution in [0.15, 0.2) is 22.7 Å².